The first-order valence-electron chi connectivity index (χ1n) is 9.79. The Morgan fingerprint density at radius 3 is 2.62 bits per heavy atom. The van der Waals surface area contributed by atoms with Crippen LogP contribution in [0.2, 0.25) is 0 Å². The molecule has 34 heavy (non-hydrogen) atoms. The summed E-state index contributed by atoms with van der Waals surface area (Å²) in [6.45, 7) is 0. The summed E-state index contributed by atoms with van der Waals surface area (Å²) in [5.74, 6) is 1.11. The molecule has 13 heteroatoms. The summed E-state index contributed by atoms with van der Waals surface area (Å²) in [6, 6.07) is 12.2. The van der Waals surface area contributed by atoms with E-state index in [0.29, 0.717) is 34.1 Å². The van der Waals surface area contributed by atoms with Gasteiger partial charge in [-0.3, -0.25) is 4.79 Å². The van der Waals surface area contributed by atoms with Crippen LogP contribution in [-0.4, -0.2) is 58.8 Å². The topological polar surface area (TPSA) is 165 Å². The summed E-state index contributed by atoms with van der Waals surface area (Å²) in [4.78, 5) is 13.0. The summed E-state index contributed by atoms with van der Waals surface area (Å²) < 4.78 is 21.7. The molecule has 4 rings (SSSR count). The first-order chi connectivity index (χ1) is 16.5. The van der Waals surface area contributed by atoms with Crippen molar-refractivity contribution in [3.63, 3.8) is 0 Å². The van der Waals surface area contributed by atoms with E-state index >= 15 is 0 Å². The minimum Gasteiger partial charge on any atom is -0.497 e. The molecule has 0 saturated carbocycles. The second-order valence-corrected chi connectivity index (χ2v) is 6.72. The Labute approximate surface area is 193 Å². The Bertz CT molecular complexity index is 1350. The van der Waals surface area contributed by atoms with Crippen molar-refractivity contribution < 1.29 is 23.6 Å². The highest BCUT2D eigenvalue weighted by molar-refractivity contribution is 5.99. The molecule has 3 N–H and O–H groups in total. The summed E-state index contributed by atoms with van der Waals surface area (Å²) in [6.07, 6.45) is 1.45. The van der Waals surface area contributed by atoms with Gasteiger partial charge < -0.3 is 19.9 Å². The van der Waals surface area contributed by atoms with Crippen LogP contribution in [0.4, 0.5) is 5.82 Å². The number of hydrogen-bond donors (Lipinski definition) is 2. The van der Waals surface area contributed by atoms with Crippen LogP contribution >= 0.6 is 0 Å². The largest absolute Gasteiger partial charge is 0.497 e. The zero-order valence-electron chi connectivity index (χ0n) is 18.4. The molecule has 0 saturated heterocycles. The molecular formula is C21H20N8O5. The van der Waals surface area contributed by atoms with Gasteiger partial charge in [0, 0.05) is 5.56 Å². The van der Waals surface area contributed by atoms with Gasteiger partial charge in [0.1, 0.15) is 11.4 Å². The summed E-state index contributed by atoms with van der Waals surface area (Å²) in [7, 11) is 4.60. The Kier molecular flexibility index (Phi) is 6.34. The fourth-order valence-electron chi connectivity index (χ4n) is 3.10. The molecule has 13 nitrogen and oxygen atoms in total. The fraction of sp³-hybridized carbons (Fsp3) is 0.143. The minimum atomic E-state index is -0.615. The Morgan fingerprint density at radius 1 is 1.09 bits per heavy atom. The lowest BCUT2D eigenvalue weighted by molar-refractivity contribution is 0.0950. The van der Waals surface area contributed by atoms with E-state index in [4.69, 9.17) is 19.9 Å². The number of methoxy groups -OCH3 is 3. The number of carbonyl (C=O) groups excluding carboxylic acids is 1. The molecule has 0 aliphatic heterocycles. The van der Waals surface area contributed by atoms with Gasteiger partial charge in [0.05, 0.1) is 27.5 Å². The SMILES string of the molecule is COc1cccc(-c2c(C(=O)N/N=C\c3ccc(OC)c(OC)c3)nnn2-c2nonc2N)c1. The monoisotopic (exact) mass is 464 g/mol. The van der Waals surface area contributed by atoms with E-state index in [-0.39, 0.29) is 17.3 Å². The van der Waals surface area contributed by atoms with Gasteiger partial charge in [0.25, 0.3) is 5.91 Å². The van der Waals surface area contributed by atoms with E-state index < -0.39 is 5.91 Å². The van der Waals surface area contributed by atoms with Gasteiger partial charge in [-0.05, 0) is 46.2 Å². The minimum absolute atomic E-state index is 0.0209. The molecule has 0 unspecified atom stereocenters. The second kappa shape index (κ2) is 9.68. The van der Waals surface area contributed by atoms with Crippen LogP contribution in [0.25, 0.3) is 17.1 Å². The number of hydrazone groups is 1. The average molecular weight is 464 g/mol. The molecule has 0 atom stereocenters. The van der Waals surface area contributed by atoms with Crippen LogP contribution in [0.1, 0.15) is 16.1 Å². The Morgan fingerprint density at radius 2 is 1.91 bits per heavy atom. The Hall–Kier alpha value is -4.94. The zero-order valence-corrected chi connectivity index (χ0v) is 18.4. The molecule has 2 heterocycles. The number of nitrogens with zero attached hydrogens (tertiary/aromatic N) is 6. The number of benzene rings is 2. The number of carbonyl (C=O) groups is 1. The number of aromatic nitrogens is 5. The quantitative estimate of drug-likeness (QED) is 0.289. The molecule has 4 aromatic rings. The van der Waals surface area contributed by atoms with Crippen molar-refractivity contribution in [3.8, 4) is 34.3 Å². The fourth-order valence-corrected chi connectivity index (χ4v) is 3.10. The number of amides is 1. The van der Waals surface area contributed by atoms with Crippen LogP contribution in [0.15, 0.2) is 52.2 Å². The lowest BCUT2D eigenvalue weighted by atomic mass is 10.1. The van der Waals surface area contributed by atoms with Crippen molar-refractivity contribution in [2.24, 2.45) is 5.10 Å². The van der Waals surface area contributed by atoms with Gasteiger partial charge in [-0.2, -0.15) is 9.78 Å². The lowest BCUT2D eigenvalue weighted by Crippen LogP contribution is -2.19. The maximum Gasteiger partial charge on any atom is 0.294 e. The second-order valence-electron chi connectivity index (χ2n) is 6.72. The number of hydrogen-bond acceptors (Lipinski definition) is 11. The highest BCUT2D eigenvalue weighted by Gasteiger charge is 2.25. The van der Waals surface area contributed by atoms with Gasteiger partial charge in [-0.1, -0.05) is 17.3 Å². The van der Waals surface area contributed by atoms with Gasteiger partial charge in [-0.15, -0.1) is 5.10 Å². The molecule has 2 aromatic carbocycles. The number of rotatable bonds is 8. The molecule has 0 aliphatic rings. The molecule has 0 aliphatic carbocycles. The normalized spacial score (nSPS) is 10.9. The number of ether oxygens (including phenoxy) is 3. The van der Waals surface area contributed by atoms with E-state index in [1.807, 2.05) is 0 Å². The van der Waals surface area contributed by atoms with E-state index in [1.54, 1.807) is 49.6 Å². The van der Waals surface area contributed by atoms with Gasteiger partial charge in [0.15, 0.2) is 17.2 Å². The first kappa shape index (κ1) is 22.3. The molecule has 0 fully saturated rings. The van der Waals surface area contributed by atoms with Gasteiger partial charge in [-0.25, -0.2) is 10.1 Å². The van der Waals surface area contributed by atoms with E-state index in [2.05, 4.69) is 35.8 Å². The predicted octanol–water partition coefficient (Wildman–Crippen LogP) is 1.69. The summed E-state index contributed by atoms with van der Waals surface area (Å²) in [5.41, 5.74) is 9.78. The highest BCUT2D eigenvalue weighted by atomic mass is 16.6. The van der Waals surface area contributed by atoms with Crippen LogP contribution < -0.4 is 25.4 Å². The van der Waals surface area contributed by atoms with Crippen molar-refractivity contribution >= 4 is 17.9 Å². The van der Waals surface area contributed by atoms with E-state index in [0.717, 1.165) is 0 Å². The lowest BCUT2D eigenvalue weighted by Gasteiger charge is -2.08. The standard InChI is InChI=1S/C21H20N8O5/c1-31-14-6-4-5-13(10-14)18-17(24-28-29(18)20-19(22)26-34-27-20)21(30)25-23-11-12-7-8-15(32-2)16(9-12)33-3/h4-11H,1-3H3,(H2,22,26)(H,25,30)/b23-11-. The third-order valence-corrected chi connectivity index (χ3v) is 4.71. The molecular weight excluding hydrogens is 444 g/mol. The van der Waals surface area contributed by atoms with Crippen LogP contribution in [-0.2, 0) is 0 Å². The number of nitrogen functional groups attached to an aromatic ring is 1. The average Bonchev–Trinajstić information content (AvgIpc) is 3.49. The van der Waals surface area contributed by atoms with Gasteiger partial charge >= 0.3 is 0 Å². The maximum absolute atomic E-state index is 13.0. The number of nitrogens with two attached hydrogens (primary N) is 1. The van der Waals surface area contributed by atoms with Crippen LogP contribution in [0.3, 0.4) is 0 Å². The molecule has 0 bridgehead atoms. The Balaban J connectivity index is 1.66. The highest BCUT2D eigenvalue weighted by Crippen LogP contribution is 2.29. The van der Waals surface area contributed by atoms with Crippen molar-refractivity contribution in [1.29, 1.82) is 0 Å². The molecule has 1 amide bonds. The third kappa shape index (κ3) is 4.34. The molecule has 0 spiro atoms. The van der Waals surface area contributed by atoms with Crippen molar-refractivity contribution in [2.75, 3.05) is 27.1 Å². The van der Waals surface area contributed by atoms with E-state index in [1.165, 1.54) is 25.1 Å². The predicted molar refractivity (Wildman–Crippen MR) is 120 cm³/mol. The van der Waals surface area contributed by atoms with Crippen molar-refractivity contribution in [2.45, 2.75) is 0 Å². The zero-order chi connectivity index (χ0) is 24.1. The molecule has 0 radical (unpaired) electrons. The molecule has 174 valence electrons. The molecule has 2 aromatic heterocycles. The third-order valence-electron chi connectivity index (χ3n) is 4.71. The number of nitrogens with one attached hydrogen (secondary N) is 1. The van der Waals surface area contributed by atoms with Gasteiger partial charge in [0.2, 0.25) is 11.6 Å². The van der Waals surface area contributed by atoms with Crippen molar-refractivity contribution in [1.82, 2.24) is 30.7 Å². The summed E-state index contributed by atoms with van der Waals surface area (Å²) >= 11 is 0. The van der Waals surface area contributed by atoms with Crippen LogP contribution in [0.5, 0.6) is 17.2 Å². The first-order valence-corrected chi connectivity index (χ1v) is 9.79. The number of anilines is 1. The smallest absolute Gasteiger partial charge is 0.294 e. The van der Waals surface area contributed by atoms with Crippen molar-refractivity contribution in [3.05, 3.63) is 53.7 Å². The maximum atomic E-state index is 13.0. The summed E-state index contributed by atoms with van der Waals surface area (Å²) in [5, 5.41) is 19.4. The van der Waals surface area contributed by atoms with Crippen LogP contribution in [0, 0.1) is 0 Å². The van der Waals surface area contributed by atoms with E-state index in [9.17, 15) is 4.79 Å².